The van der Waals surface area contributed by atoms with Gasteiger partial charge in [-0.05, 0) is 48.8 Å². The van der Waals surface area contributed by atoms with Gasteiger partial charge in [0, 0.05) is 5.39 Å². The highest BCUT2D eigenvalue weighted by atomic mass is 16.6. The molecule has 0 bridgehead atoms. The van der Waals surface area contributed by atoms with Crippen LogP contribution in [0.5, 0.6) is 0 Å². The molecule has 1 saturated heterocycles. The summed E-state index contributed by atoms with van der Waals surface area (Å²) in [6, 6.07) is 5.84. The van der Waals surface area contributed by atoms with Crippen molar-refractivity contribution in [1.82, 2.24) is 10.2 Å². The largest absolute Gasteiger partial charge is 0.463 e. The molecule has 0 amide bonds. The Morgan fingerprint density at radius 2 is 2.30 bits per heavy atom. The summed E-state index contributed by atoms with van der Waals surface area (Å²) in [5.41, 5.74) is 2.38. The van der Waals surface area contributed by atoms with Gasteiger partial charge in [-0.2, -0.15) is 5.10 Å². The number of aromatic amines is 1. The Morgan fingerprint density at radius 3 is 3.04 bits per heavy atom. The molecule has 2 heterocycles. The number of hydrogen-bond acceptors (Lipinski definition) is 4. The summed E-state index contributed by atoms with van der Waals surface area (Å²) in [6.45, 7) is 1.22. The summed E-state index contributed by atoms with van der Waals surface area (Å²) < 4.78 is 11.3. The summed E-state index contributed by atoms with van der Waals surface area (Å²) in [6.07, 6.45) is 8.28. The van der Waals surface area contributed by atoms with E-state index < -0.39 is 0 Å². The van der Waals surface area contributed by atoms with Gasteiger partial charge in [0.25, 0.3) is 0 Å². The van der Waals surface area contributed by atoms with Crippen LogP contribution in [0.3, 0.4) is 0 Å². The highest BCUT2D eigenvalue weighted by Crippen LogP contribution is 2.47. The number of ether oxygens (including phenoxy) is 2. The van der Waals surface area contributed by atoms with E-state index in [0.29, 0.717) is 12.0 Å². The quantitative estimate of drug-likeness (QED) is 0.881. The highest BCUT2D eigenvalue weighted by molar-refractivity contribution is 5.80. The number of benzene rings is 1. The maximum absolute atomic E-state index is 12.0. The van der Waals surface area contributed by atoms with Gasteiger partial charge in [0.05, 0.1) is 30.8 Å². The fourth-order valence-corrected chi connectivity index (χ4v) is 3.63. The number of fused-ring (bicyclic) bond motifs is 1. The van der Waals surface area contributed by atoms with Crippen LogP contribution in [0.25, 0.3) is 10.9 Å². The highest BCUT2D eigenvalue weighted by Gasteiger charge is 2.41. The van der Waals surface area contributed by atoms with Crippen molar-refractivity contribution in [2.24, 2.45) is 5.41 Å². The lowest BCUT2D eigenvalue weighted by atomic mass is 9.65. The van der Waals surface area contributed by atoms with Crippen LogP contribution in [0.1, 0.15) is 37.7 Å². The number of aromatic nitrogens is 2. The normalized spacial score (nSPS) is 22.9. The molecule has 5 heteroatoms. The average Bonchev–Trinajstić information content (AvgIpc) is 2.99. The molecule has 23 heavy (non-hydrogen) atoms. The van der Waals surface area contributed by atoms with Gasteiger partial charge in [-0.1, -0.05) is 12.5 Å². The first kappa shape index (κ1) is 14.7. The van der Waals surface area contributed by atoms with Crippen molar-refractivity contribution < 1.29 is 14.3 Å². The lowest BCUT2D eigenvalue weighted by molar-refractivity contribution is -0.154. The third-order valence-corrected chi connectivity index (χ3v) is 5.32. The fraction of sp³-hybridized carbons (Fsp3) is 0.556. The molecule has 2 fully saturated rings. The first-order valence-corrected chi connectivity index (χ1v) is 8.42. The molecule has 1 unspecified atom stereocenters. The van der Waals surface area contributed by atoms with E-state index in [4.69, 9.17) is 9.47 Å². The molecule has 4 rings (SSSR count). The van der Waals surface area contributed by atoms with Crippen molar-refractivity contribution in [2.75, 3.05) is 13.2 Å². The Hall–Kier alpha value is -1.88. The lowest BCUT2D eigenvalue weighted by Gasteiger charge is -2.46. The van der Waals surface area contributed by atoms with E-state index in [9.17, 15) is 4.79 Å². The minimum atomic E-state index is -0.194. The Kier molecular flexibility index (Phi) is 3.81. The number of rotatable bonds is 4. The molecule has 2 aliphatic rings. The number of carbonyl (C=O) groups excluding carboxylic acids is 1. The second-order valence-electron chi connectivity index (χ2n) is 6.98. The van der Waals surface area contributed by atoms with Crippen LogP contribution < -0.4 is 0 Å². The van der Waals surface area contributed by atoms with Crippen molar-refractivity contribution in [2.45, 2.75) is 44.6 Å². The summed E-state index contributed by atoms with van der Waals surface area (Å²) in [5.74, 6) is -0.194. The fourth-order valence-electron chi connectivity index (χ4n) is 3.63. The van der Waals surface area contributed by atoms with Crippen LogP contribution in [0.2, 0.25) is 0 Å². The maximum atomic E-state index is 12.0. The van der Waals surface area contributed by atoms with E-state index >= 15 is 0 Å². The van der Waals surface area contributed by atoms with Crippen molar-refractivity contribution in [3.05, 3.63) is 30.0 Å². The number of hydrogen-bond donors (Lipinski definition) is 1. The van der Waals surface area contributed by atoms with E-state index in [-0.39, 0.29) is 18.5 Å². The predicted octanol–water partition coefficient (Wildman–Crippen LogP) is 3.00. The molecule has 1 N–H and O–H groups in total. The van der Waals surface area contributed by atoms with Gasteiger partial charge in [-0.15, -0.1) is 0 Å². The van der Waals surface area contributed by atoms with Gasteiger partial charge in [0.15, 0.2) is 0 Å². The molecule has 1 aromatic carbocycles. The zero-order valence-electron chi connectivity index (χ0n) is 13.2. The van der Waals surface area contributed by atoms with E-state index in [1.165, 1.54) is 25.7 Å². The van der Waals surface area contributed by atoms with E-state index in [1.807, 2.05) is 18.2 Å². The minimum Gasteiger partial charge on any atom is -0.463 e. The zero-order valence-corrected chi connectivity index (χ0v) is 13.2. The molecule has 1 aliphatic carbocycles. The maximum Gasteiger partial charge on any atom is 0.310 e. The van der Waals surface area contributed by atoms with E-state index in [2.05, 4.69) is 10.2 Å². The van der Waals surface area contributed by atoms with Crippen LogP contribution in [-0.4, -0.2) is 35.5 Å². The molecule has 2 aromatic rings. The summed E-state index contributed by atoms with van der Waals surface area (Å²) in [7, 11) is 0. The molecular weight excluding hydrogens is 292 g/mol. The van der Waals surface area contributed by atoms with Crippen LogP contribution in [0, 0.1) is 5.41 Å². The van der Waals surface area contributed by atoms with Gasteiger partial charge < -0.3 is 9.47 Å². The Bertz CT molecular complexity index is 695. The third-order valence-electron chi connectivity index (χ3n) is 5.32. The van der Waals surface area contributed by atoms with Gasteiger partial charge in [-0.25, -0.2) is 0 Å². The van der Waals surface area contributed by atoms with Crippen molar-refractivity contribution >= 4 is 16.9 Å². The number of esters is 1. The second-order valence-corrected chi connectivity index (χ2v) is 6.98. The van der Waals surface area contributed by atoms with Crippen molar-refractivity contribution in [3.8, 4) is 0 Å². The van der Waals surface area contributed by atoms with Crippen LogP contribution in [0.4, 0.5) is 0 Å². The number of H-pyrrole nitrogens is 1. The average molecular weight is 314 g/mol. The Labute approximate surface area is 135 Å². The van der Waals surface area contributed by atoms with Crippen LogP contribution in [0.15, 0.2) is 24.4 Å². The topological polar surface area (TPSA) is 64.2 Å². The summed E-state index contributed by atoms with van der Waals surface area (Å²) >= 11 is 0. The molecule has 5 nitrogen and oxygen atoms in total. The third kappa shape index (κ3) is 3.11. The monoisotopic (exact) mass is 314 g/mol. The first-order valence-electron chi connectivity index (χ1n) is 8.42. The van der Waals surface area contributed by atoms with E-state index in [1.54, 1.807) is 6.20 Å². The smallest absolute Gasteiger partial charge is 0.310 e. The number of nitrogens with zero attached hydrogens (tertiary/aromatic N) is 1. The van der Waals surface area contributed by atoms with Gasteiger partial charge >= 0.3 is 5.97 Å². The summed E-state index contributed by atoms with van der Waals surface area (Å²) in [4.78, 5) is 12.0. The van der Waals surface area contributed by atoms with Gasteiger partial charge in [0.1, 0.15) is 6.61 Å². The molecule has 1 aromatic heterocycles. The first-order chi connectivity index (χ1) is 11.2. The van der Waals surface area contributed by atoms with Crippen LogP contribution >= 0.6 is 0 Å². The van der Waals surface area contributed by atoms with E-state index in [0.717, 1.165) is 29.5 Å². The second kappa shape index (κ2) is 5.96. The number of carbonyl (C=O) groups is 1. The SMILES string of the molecule is O=C(Cc1ccc2[nH]ncc2c1)OCC1CCC2(CCC2)CO1. The molecule has 0 radical (unpaired) electrons. The Balaban J connectivity index is 1.25. The molecule has 1 atom stereocenters. The minimum absolute atomic E-state index is 0.0709. The molecule has 122 valence electrons. The molecule has 1 aliphatic heterocycles. The van der Waals surface area contributed by atoms with Crippen molar-refractivity contribution in [1.29, 1.82) is 0 Å². The zero-order chi connectivity index (χ0) is 15.7. The molecular formula is C18H22N2O3. The molecule has 1 spiro atoms. The standard InChI is InChI=1S/C18H22N2O3/c21-17(9-13-2-3-16-14(8-13)10-19-20-16)22-11-15-4-7-18(12-23-15)5-1-6-18/h2-3,8,10,15H,1,4-7,9,11-12H2,(H,19,20). The predicted molar refractivity (Wildman–Crippen MR) is 86.0 cm³/mol. The van der Waals surface area contributed by atoms with Gasteiger partial charge in [0.2, 0.25) is 0 Å². The lowest BCUT2D eigenvalue weighted by Crippen LogP contribution is -2.42. The molecule has 1 saturated carbocycles. The van der Waals surface area contributed by atoms with Crippen LogP contribution in [-0.2, 0) is 20.7 Å². The Morgan fingerprint density at radius 1 is 1.39 bits per heavy atom. The van der Waals surface area contributed by atoms with Crippen molar-refractivity contribution in [3.63, 3.8) is 0 Å². The number of nitrogens with one attached hydrogen (secondary N) is 1. The van der Waals surface area contributed by atoms with Gasteiger partial charge in [-0.3, -0.25) is 9.89 Å². The summed E-state index contributed by atoms with van der Waals surface area (Å²) in [5, 5.41) is 7.90.